The molecule has 0 spiro atoms. The molecule has 1 aromatic carbocycles. The van der Waals surface area contributed by atoms with Gasteiger partial charge >= 0.3 is 0 Å². The topological polar surface area (TPSA) is 9.23 Å². The number of ether oxygens (including phenoxy) is 1. The monoisotopic (exact) mass is 182 g/mol. The second-order valence-electron chi connectivity index (χ2n) is 2.72. The molecule has 1 nitrogen and oxygen atoms in total. The molecule has 0 aliphatic heterocycles. The number of methoxy groups -OCH3 is 1. The van der Waals surface area contributed by atoms with Gasteiger partial charge in [0.25, 0.3) is 0 Å². The predicted molar refractivity (Wildman–Crippen MR) is 54.2 cm³/mol. The van der Waals surface area contributed by atoms with Gasteiger partial charge in [0.15, 0.2) is 0 Å². The van der Waals surface area contributed by atoms with E-state index in [1.54, 1.807) is 18.9 Å². The van der Waals surface area contributed by atoms with Crippen molar-refractivity contribution < 1.29 is 4.74 Å². The molecule has 0 saturated heterocycles. The highest BCUT2D eigenvalue weighted by Crippen LogP contribution is 2.28. The largest absolute Gasteiger partial charge is 0.496 e. The van der Waals surface area contributed by atoms with Crippen LogP contribution in [-0.2, 0) is 0 Å². The molecule has 0 heterocycles. The lowest BCUT2D eigenvalue weighted by atomic mass is 10.1. The van der Waals surface area contributed by atoms with Gasteiger partial charge in [-0.25, -0.2) is 0 Å². The van der Waals surface area contributed by atoms with Crippen LogP contribution in [0.4, 0.5) is 0 Å². The zero-order chi connectivity index (χ0) is 9.14. The number of hydrogen-bond acceptors (Lipinski definition) is 2. The van der Waals surface area contributed by atoms with E-state index in [1.807, 2.05) is 6.07 Å². The molecule has 0 aromatic heterocycles. The zero-order valence-corrected chi connectivity index (χ0v) is 8.79. The molecule has 1 aromatic rings. The van der Waals surface area contributed by atoms with E-state index in [9.17, 15) is 0 Å². The van der Waals surface area contributed by atoms with Gasteiger partial charge in [-0.05, 0) is 43.4 Å². The highest BCUT2D eigenvalue weighted by molar-refractivity contribution is 7.98. The Labute approximate surface area is 78.1 Å². The summed E-state index contributed by atoms with van der Waals surface area (Å²) in [6, 6.07) is 4.12. The van der Waals surface area contributed by atoms with E-state index >= 15 is 0 Å². The summed E-state index contributed by atoms with van der Waals surface area (Å²) in [6.45, 7) is 4.22. The Kier molecular flexibility index (Phi) is 3.04. The summed E-state index contributed by atoms with van der Waals surface area (Å²) in [5.74, 6) is 0.977. The maximum atomic E-state index is 5.22. The van der Waals surface area contributed by atoms with Gasteiger partial charge in [-0.15, -0.1) is 11.8 Å². The summed E-state index contributed by atoms with van der Waals surface area (Å²) in [5, 5.41) is 0. The highest BCUT2D eigenvalue weighted by Gasteiger charge is 2.04. The van der Waals surface area contributed by atoms with Crippen molar-refractivity contribution in [2.75, 3.05) is 13.4 Å². The number of hydrogen-bond donors (Lipinski definition) is 0. The molecule has 1 rings (SSSR count). The lowest BCUT2D eigenvalue weighted by Gasteiger charge is -2.10. The van der Waals surface area contributed by atoms with Crippen molar-refractivity contribution in [3.8, 4) is 5.75 Å². The number of benzene rings is 1. The first-order valence-corrected chi connectivity index (χ1v) is 5.11. The van der Waals surface area contributed by atoms with Crippen LogP contribution in [0.2, 0.25) is 0 Å². The minimum absolute atomic E-state index is 0.977. The Balaban J connectivity index is 3.20. The Morgan fingerprint density at radius 1 is 1.17 bits per heavy atom. The highest BCUT2D eigenvalue weighted by atomic mass is 32.2. The molecule has 0 atom stereocenters. The average molecular weight is 182 g/mol. The molecule has 12 heavy (non-hydrogen) atoms. The van der Waals surface area contributed by atoms with Crippen molar-refractivity contribution in [3.63, 3.8) is 0 Å². The van der Waals surface area contributed by atoms with Gasteiger partial charge in [0.05, 0.1) is 7.11 Å². The van der Waals surface area contributed by atoms with Crippen LogP contribution in [0, 0.1) is 13.8 Å². The van der Waals surface area contributed by atoms with Gasteiger partial charge in [-0.2, -0.15) is 0 Å². The summed E-state index contributed by atoms with van der Waals surface area (Å²) in [7, 11) is 1.71. The molecule has 0 radical (unpaired) electrons. The number of rotatable bonds is 2. The second-order valence-corrected chi connectivity index (χ2v) is 3.57. The first-order valence-electron chi connectivity index (χ1n) is 3.89. The molecule has 2 heteroatoms. The van der Waals surface area contributed by atoms with Crippen LogP contribution in [0.25, 0.3) is 0 Å². The molecule has 0 fully saturated rings. The SMILES string of the molecule is COc1ccc(SC)c(C)c1C. The molecular weight excluding hydrogens is 168 g/mol. The third-order valence-corrected chi connectivity index (χ3v) is 3.01. The Bertz CT molecular complexity index is 252. The van der Waals surface area contributed by atoms with Gasteiger partial charge in [-0.1, -0.05) is 0 Å². The Morgan fingerprint density at radius 2 is 1.83 bits per heavy atom. The minimum Gasteiger partial charge on any atom is -0.496 e. The molecule has 0 aliphatic carbocycles. The first kappa shape index (κ1) is 9.46. The molecule has 0 saturated carbocycles. The van der Waals surface area contributed by atoms with Crippen molar-refractivity contribution in [2.45, 2.75) is 18.7 Å². The van der Waals surface area contributed by atoms with E-state index in [-0.39, 0.29) is 0 Å². The predicted octanol–water partition coefficient (Wildman–Crippen LogP) is 3.03. The molecule has 0 aliphatic rings. The summed E-state index contributed by atoms with van der Waals surface area (Å²) < 4.78 is 5.22. The van der Waals surface area contributed by atoms with Gasteiger partial charge < -0.3 is 4.74 Å². The molecular formula is C10H14OS. The van der Waals surface area contributed by atoms with Crippen molar-refractivity contribution >= 4 is 11.8 Å². The second kappa shape index (κ2) is 3.85. The van der Waals surface area contributed by atoms with Crippen molar-refractivity contribution in [3.05, 3.63) is 23.3 Å². The maximum absolute atomic E-state index is 5.22. The van der Waals surface area contributed by atoms with Crippen molar-refractivity contribution in [2.24, 2.45) is 0 Å². The van der Waals surface area contributed by atoms with Crippen LogP contribution < -0.4 is 4.74 Å². The molecule has 0 N–H and O–H groups in total. The van der Waals surface area contributed by atoms with Crippen LogP contribution in [-0.4, -0.2) is 13.4 Å². The molecule has 0 amide bonds. The van der Waals surface area contributed by atoms with Crippen LogP contribution in [0.15, 0.2) is 17.0 Å². The van der Waals surface area contributed by atoms with Crippen LogP contribution >= 0.6 is 11.8 Å². The van der Waals surface area contributed by atoms with Crippen LogP contribution in [0.5, 0.6) is 5.75 Å². The van der Waals surface area contributed by atoms with E-state index in [2.05, 4.69) is 26.2 Å². The quantitative estimate of drug-likeness (QED) is 0.650. The summed E-state index contributed by atoms with van der Waals surface area (Å²) >= 11 is 1.77. The Hall–Kier alpha value is -0.630. The van der Waals surface area contributed by atoms with E-state index in [4.69, 9.17) is 4.74 Å². The van der Waals surface area contributed by atoms with E-state index < -0.39 is 0 Å². The normalized spacial score (nSPS) is 10.0. The first-order chi connectivity index (χ1) is 5.70. The third-order valence-electron chi connectivity index (χ3n) is 2.13. The summed E-state index contributed by atoms with van der Waals surface area (Å²) in [6.07, 6.45) is 2.09. The fourth-order valence-electron chi connectivity index (χ4n) is 1.21. The number of thioether (sulfide) groups is 1. The van der Waals surface area contributed by atoms with Crippen LogP contribution in [0.3, 0.4) is 0 Å². The Morgan fingerprint density at radius 3 is 2.33 bits per heavy atom. The molecule has 0 bridgehead atoms. The van der Waals surface area contributed by atoms with Gasteiger partial charge in [0, 0.05) is 4.90 Å². The van der Waals surface area contributed by atoms with Gasteiger partial charge in [-0.3, -0.25) is 0 Å². The van der Waals surface area contributed by atoms with Gasteiger partial charge in [0.1, 0.15) is 5.75 Å². The minimum atomic E-state index is 0.977. The van der Waals surface area contributed by atoms with Crippen molar-refractivity contribution in [1.82, 2.24) is 0 Å². The lowest BCUT2D eigenvalue weighted by Crippen LogP contribution is -1.91. The third kappa shape index (κ3) is 1.58. The van der Waals surface area contributed by atoms with Crippen LogP contribution in [0.1, 0.15) is 11.1 Å². The zero-order valence-electron chi connectivity index (χ0n) is 7.97. The summed E-state index contributed by atoms with van der Waals surface area (Å²) in [5.41, 5.74) is 2.56. The smallest absolute Gasteiger partial charge is 0.122 e. The van der Waals surface area contributed by atoms with E-state index in [1.165, 1.54) is 16.0 Å². The van der Waals surface area contributed by atoms with Crippen molar-refractivity contribution in [1.29, 1.82) is 0 Å². The molecule has 0 unspecified atom stereocenters. The van der Waals surface area contributed by atoms with E-state index in [0.29, 0.717) is 0 Å². The fourth-order valence-corrected chi connectivity index (χ4v) is 1.88. The standard InChI is InChI=1S/C10H14OS/c1-7-8(2)10(12-4)6-5-9(7)11-3/h5-6H,1-4H3. The van der Waals surface area contributed by atoms with E-state index in [0.717, 1.165) is 5.75 Å². The fraction of sp³-hybridized carbons (Fsp3) is 0.400. The molecule has 66 valence electrons. The average Bonchev–Trinajstić information content (AvgIpc) is 2.10. The van der Waals surface area contributed by atoms with Gasteiger partial charge in [0.2, 0.25) is 0 Å². The summed E-state index contributed by atoms with van der Waals surface area (Å²) in [4.78, 5) is 1.33. The maximum Gasteiger partial charge on any atom is 0.122 e. The lowest BCUT2D eigenvalue weighted by molar-refractivity contribution is 0.411.